The van der Waals surface area contributed by atoms with Crippen molar-refractivity contribution >= 4 is 17.8 Å². The molecule has 0 aliphatic rings. The zero-order valence-electron chi connectivity index (χ0n) is 7.57. The number of hydrogen-bond acceptors (Lipinski definition) is 1. The Morgan fingerprint density at radius 1 is 1.38 bits per heavy atom. The highest BCUT2D eigenvalue weighted by Gasteiger charge is 1.84. The second kappa shape index (κ2) is 5.55. The minimum absolute atomic E-state index is 0.512. The van der Waals surface area contributed by atoms with Gasteiger partial charge in [-0.2, -0.15) is 0 Å². The molecule has 0 fully saturated rings. The van der Waals surface area contributed by atoms with Crippen molar-refractivity contribution in [2.24, 2.45) is 4.99 Å². The number of alkyl halides is 1. The van der Waals surface area contributed by atoms with Gasteiger partial charge in [-0.3, -0.25) is 4.99 Å². The lowest BCUT2D eigenvalue weighted by molar-refractivity contribution is 1.30. The van der Waals surface area contributed by atoms with Crippen molar-refractivity contribution in [1.29, 1.82) is 0 Å². The molecule has 0 bridgehead atoms. The molecule has 68 valence electrons. The van der Waals surface area contributed by atoms with Crippen molar-refractivity contribution in [2.75, 3.05) is 5.88 Å². The average molecular weight is 194 g/mol. The predicted octanol–water partition coefficient (Wildman–Crippen LogP) is 3.25. The van der Waals surface area contributed by atoms with E-state index in [1.807, 2.05) is 49.5 Å². The maximum Gasteiger partial charge on any atom is 0.0424 e. The fourth-order valence-electron chi connectivity index (χ4n) is 0.880. The smallest absolute Gasteiger partial charge is 0.0424 e. The summed E-state index contributed by atoms with van der Waals surface area (Å²) in [5.41, 5.74) is 2.05. The fourth-order valence-corrected chi connectivity index (χ4v) is 1.10. The monoisotopic (exact) mass is 193 g/mol. The van der Waals surface area contributed by atoms with Gasteiger partial charge in [0.25, 0.3) is 0 Å². The van der Waals surface area contributed by atoms with Crippen molar-refractivity contribution < 1.29 is 0 Å². The van der Waals surface area contributed by atoms with Crippen LogP contribution in [0.15, 0.2) is 47.1 Å². The van der Waals surface area contributed by atoms with Crippen LogP contribution >= 0.6 is 11.6 Å². The Morgan fingerprint density at radius 3 is 2.69 bits per heavy atom. The Kier molecular flexibility index (Phi) is 4.27. The van der Waals surface area contributed by atoms with Gasteiger partial charge in [0.1, 0.15) is 0 Å². The molecule has 1 nitrogen and oxygen atoms in total. The third-order valence-corrected chi connectivity index (χ3v) is 1.74. The van der Waals surface area contributed by atoms with Gasteiger partial charge in [-0.15, -0.1) is 11.6 Å². The molecular weight excluding hydrogens is 182 g/mol. The van der Waals surface area contributed by atoms with Crippen LogP contribution in [0.25, 0.3) is 0 Å². The Labute approximate surface area is 83.8 Å². The molecule has 0 saturated carbocycles. The van der Waals surface area contributed by atoms with E-state index in [9.17, 15) is 0 Å². The summed E-state index contributed by atoms with van der Waals surface area (Å²) in [6, 6.07) is 9.98. The molecule has 0 spiro atoms. The molecule has 2 heteroatoms. The molecule has 1 rings (SSSR count). The summed E-state index contributed by atoms with van der Waals surface area (Å²) >= 11 is 5.53. The summed E-state index contributed by atoms with van der Waals surface area (Å²) in [6.07, 6.45) is 3.71. The molecule has 0 aliphatic heterocycles. The van der Waals surface area contributed by atoms with Crippen molar-refractivity contribution in [3.8, 4) is 0 Å². The first-order valence-electron chi connectivity index (χ1n) is 4.15. The summed E-state index contributed by atoms with van der Waals surface area (Å²) in [4.78, 5) is 4.24. The number of hydrogen-bond donors (Lipinski definition) is 0. The van der Waals surface area contributed by atoms with Crippen LogP contribution in [-0.4, -0.2) is 12.1 Å². The standard InChI is InChI=1S/C11H12ClN/c1-10(7-8-12)13-9-11-5-3-2-4-6-11/h2-7,9H,8H2,1H3. The molecule has 13 heavy (non-hydrogen) atoms. The molecule has 0 heterocycles. The molecule has 0 unspecified atom stereocenters. The van der Waals surface area contributed by atoms with Crippen LogP contribution in [-0.2, 0) is 0 Å². The Bertz CT molecular complexity index is 301. The summed E-state index contributed by atoms with van der Waals surface area (Å²) in [6.45, 7) is 1.93. The van der Waals surface area contributed by atoms with Gasteiger partial charge in [-0.05, 0) is 18.6 Å². The highest BCUT2D eigenvalue weighted by Crippen LogP contribution is 1.98. The van der Waals surface area contributed by atoms with Gasteiger partial charge in [0.05, 0.1) is 0 Å². The molecule has 0 radical (unpaired) electrons. The number of benzene rings is 1. The first kappa shape index (κ1) is 10.0. The molecule has 0 atom stereocenters. The summed E-state index contributed by atoms with van der Waals surface area (Å²) in [5.74, 6) is 0.512. The van der Waals surface area contributed by atoms with Crippen LogP contribution in [0.2, 0.25) is 0 Å². The number of aliphatic imine (C=N–C) groups is 1. The van der Waals surface area contributed by atoms with Crippen LogP contribution in [0.5, 0.6) is 0 Å². The molecule has 0 saturated heterocycles. The van der Waals surface area contributed by atoms with E-state index in [-0.39, 0.29) is 0 Å². The van der Waals surface area contributed by atoms with E-state index in [1.54, 1.807) is 0 Å². The van der Waals surface area contributed by atoms with E-state index < -0.39 is 0 Å². The number of halogens is 1. The number of rotatable bonds is 3. The number of nitrogens with zero attached hydrogens (tertiary/aromatic N) is 1. The SMILES string of the molecule is CC(=CCCl)N=Cc1ccccc1. The van der Waals surface area contributed by atoms with Crippen LogP contribution in [0.4, 0.5) is 0 Å². The van der Waals surface area contributed by atoms with Crippen LogP contribution in [0.3, 0.4) is 0 Å². The van der Waals surface area contributed by atoms with Crippen molar-refractivity contribution in [3.63, 3.8) is 0 Å². The second-order valence-corrected chi connectivity index (χ2v) is 2.98. The fraction of sp³-hybridized carbons (Fsp3) is 0.182. The van der Waals surface area contributed by atoms with Crippen molar-refractivity contribution in [2.45, 2.75) is 6.92 Å². The van der Waals surface area contributed by atoms with E-state index >= 15 is 0 Å². The highest BCUT2D eigenvalue weighted by atomic mass is 35.5. The highest BCUT2D eigenvalue weighted by molar-refractivity contribution is 6.18. The maximum absolute atomic E-state index is 5.53. The van der Waals surface area contributed by atoms with Gasteiger partial charge in [-0.25, -0.2) is 0 Å². The zero-order chi connectivity index (χ0) is 9.52. The van der Waals surface area contributed by atoms with E-state index in [1.165, 1.54) is 0 Å². The summed E-state index contributed by atoms with van der Waals surface area (Å²) in [5, 5.41) is 0. The average Bonchev–Trinajstić information content (AvgIpc) is 2.17. The second-order valence-electron chi connectivity index (χ2n) is 2.67. The summed E-state index contributed by atoms with van der Waals surface area (Å²) < 4.78 is 0. The molecule has 0 aliphatic carbocycles. The first-order valence-corrected chi connectivity index (χ1v) is 4.68. The van der Waals surface area contributed by atoms with E-state index in [4.69, 9.17) is 11.6 Å². The molecule has 0 N–H and O–H groups in total. The maximum atomic E-state index is 5.53. The third kappa shape index (κ3) is 3.90. The lowest BCUT2D eigenvalue weighted by Crippen LogP contribution is -1.80. The van der Waals surface area contributed by atoms with Gasteiger partial charge in [0, 0.05) is 17.8 Å². The molecule has 1 aromatic rings. The Balaban J connectivity index is 2.64. The minimum Gasteiger partial charge on any atom is -0.261 e. The van der Waals surface area contributed by atoms with Crippen LogP contribution in [0.1, 0.15) is 12.5 Å². The Hall–Kier alpha value is -1.08. The normalized spacial score (nSPS) is 12.3. The van der Waals surface area contributed by atoms with Crippen molar-refractivity contribution in [3.05, 3.63) is 47.7 Å². The predicted molar refractivity (Wildman–Crippen MR) is 58.5 cm³/mol. The Morgan fingerprint density at radius 2 is 2.08 bits per heavy atom. The quantitative estimate of drug-likeness (QED) is 0.516. The first-order chi connectivity index (χ1) is 6.33. The molecule has 0 amide bonds. The van der Waals surface area contributed by atoms with Gasteiger partial charge in [-0.1, -0.05) is 30.3 Å². The van der Waals surface area contributed by atoms with Crippen LogP contribution in [0, 0.1) is 0 Å². The van der Waals surface area contributed by atoms with E-state index in [0.717, 1.165) is 11.3 Å². The molecular formula is C11H12ClN. The minimum atomic E-state index is 0.512. The molecule has 0 aromatic heterocycles. The lowest BCUT2D eigenvalue weighted by Gasteiger charge is -1.91. The topological polar surface area (TPSA) is 12.4 Å². The van der Waals surface area contributed by atoms with Crippen molar-refractivity contribution in [1.82, 2.24) is 0 Å². The van der Waals surface area contributed by atoms with Gasteiger partial charge < -0.3 is 0 Å². The third-order valence-electron chi connectivity index (χ3n) is 1.59. The van der Waals surface area contributed by atoms with Crippen LogP contribution < -0.4 is 0 Å². The largest absolute Gasteiger partial charge is 0.261 e. The van der Waals surface area contributed by atoms with Gasteiger partial charge >= 0.3 is 0 Å². The number of allylic oxidation sites excluding steroid dienone is 2. The lowest BCUT2D eigenvalue weighted by atomic mass is 10.2. The van der Waals surface area contributed by atoms with Gasteiger partial charge in [0.15, 0.2) is 0 Å². The van der Waals surface area contributed by atoms with E-state index in [2.05, 4.69) is 4.99 Å². The zero-order valence-corrected chi connectivity index (χ0v) is 8.33. The van der Waals surface area contributed by atoms with Gasteiger partial charge in [0.2, 0.25) is 0 Å². The summed E-state index contributed by atoms with van der Waals surface area (Å²) in [7, 11) is 0. The molecule has 1 aromatic carbocycles. The van der Waals surface area contributed by atoms with E-state index in [0.29, 0.717) is 5.88 Å².